The maximum atomic E-state index is 12.2. The SMILES string of the molecule is CC(C)[C@](O)(C(=O)OC[C@@H]1CCN2CCC[C@H]12)[C@@H](C)O. The monoisotopic (exact) mass is 285 g/mol. The van der Waals surface area contributed by atoms with Crippen molar-refractivity contribution in [2.75, 3.05) is 19.7 Å². The van der Waals surface area contributed by atoms with Gasteiger partial charge in [0.1, 0.15) is 0 Å². The Morgan fingerprint density at radius 1 is 1.35 bits per heavy atom. The van der Waals surface area contributed by atoms with Crippen molar-refractivity contribution < 1.29 is 19.7 Å². The summed E-state index contributed by atoms with van der Waals surface area (Å²) in [5.74, 6) is -0.715. The molecule has 2 aliphatic heterocycles. The Bertz CT molecular complexity index is 348. The summed E-state index contributed by atoms with van der Waals surface area (Å²) in [5, 5.41) is 20.1. The molecule has 0 unspecified atom stereocenters. The Balaban J connectivity index is 1.91. The molecule has 2 fully saturated rings. The van der Waals surface area contributed by atoms with E-state index in [0.29, 0.717) is 18.6 Å². The molecule has 4 atom stereocenters. The van der Waals surface area contributed by atoms with Crippen molar-refractivity contribution in [1.82, 2.24) is 4.90 Å². The highest BCUT2D eigenvalue weighted by molar-refractivity contribution is 5.80. The molecule has 0 saturated carbocycles. The van der Waals surface area contributed by atoms with Crippen molar-refractivity contribution >= 4 is 5.97 Å². The van der Waals surface area contributed by atoms with Crippen LogP contribution in [0.5, 0.6) is 0 Å². The van der Waals surface area contributed by atoms with Crippen LogP contribution in [0.15, 0.2) is 0 Å². The standard InChI is InChI=1S/C15H27NO4/c1-10(2)15(19,11(3)17)14(18)20-9-12-6-8-16-7-4-5-13(12)16/h10-13,17,19H,4-9H2,1-3H3/t11-,12+,13-,15-/m1/s1. The van der Waals surface area contributed by atoms with E-state index < -0.39 is 17.7 Å². The van der Waals surface area contributed by atoms with Gasteiger partial charge in [-0.2, -0.15) is 0 Å². The zero-order valence-electron chi connectivity index (χ0n) is 12.7. The van der Waals surface area contributed by atoms with Crippen LogP contribution >= 0.6 is 0 Å². The second kappa shape index (κ2) is 6.00. The first-order chi connectivity index (χ1) is 9.37. The first kappa shape index (κ1) is 15.7. The van der Waals surface area contributed by atoms with Gasteiger partial charge in [0.05, 0.1) is 12.7 Å². The summed E-state index contributed by atoms with van der Waals surface area (Å²) in [6, 6.07) is 0.529. The van der Waals surface area contributed by atoms with Gasteiger partial charge in [-0.25, -0.2) is 4.79 Å². The number of carbonyl (C=O) groups is 1. The van der Waals surface area contributed by atoms with Crippen LogP contribution in [0.4, 0.5) is 0 Å². The summed E-state index contributed by atoms with van der Waals surface area (Å²) >= 11 is 0. The first-order valence-electron chi connectivity index (χ1n) is 7.69. The molecule has 20 heavy (non-hydrogen) atoms. The van der Waals surface area contributed by atoms with Crippen LogP contribution in [0.25, 0.3) is 0 Å². The van der Waals surface area contributed by atoms with Crippen molar-refractivity contribution in [1.29, 1.82) is 0 Å². The fourth-order valence-electron chi connectivity index (χ4n) is 3.57. The third kappa shape index (κ3) is 2.71. The molecule has 0 amide bonds. The largest absolute Gasteiger partial charge is 0.463 e. The van der Waals surface area contributed by atoms with Gasteiger partial charge in [-0.15, -0.1) is 0 Å². The highest BCUT2D eigenvalue weighted by Gasteiger charge is 2.46. The number of hydrogen-bond donors (Lipinski definition) is 2. The molecule has 2 heterocycles. The third-order valence-corrected chi connectivity index (χ3v) is 5.02. The van der Waals surface area contributed by atoms with Crippen LogP contribution in [-0.4, -0.2) is 58.5 Å². The maximum Gasteiger partial charge on any atom is 0.341 e. The van der Waals surface area contributed by atoms with E-state index in [1.165, 1.54) is 19.8 Å². The lowest BCUT2D eigenvalue weighted by Gasteiger charge is -2.33. The molecule has 5 heteroatoms. The summed E-state index contributed by atoms with van der Waals surface area (Å²) in [5.41, 5.74) is -1.81. The molecule has 0 aliphatic carbocycles. The van der Waals surface area contributed by atoms with Crippen molar-refractivity contribution in [2.45, 2.75) is 57.8 Å². The number of esters is 1. The number of rotatable bonds is 5. The summed E-state index contributed by atoms with van der Waals surface area (Å²) in [4.78, 5) is 14.6. The van der Waals surface area contributed by atoms with Crippen molar-refractivity contribution in [3.8, 4) is 0 Å². The van der Waals surface area contributed by atoms with E-state index in [0.717, 1.165) is 19.5 Å². The predicted molar refractivity (Wildman–Crippen MR) is 75.1 cm³/mol. The van der Waals surface area contributed by atoms with Crippen molar-refractivity contribution in [2.24, 2.45) is 11.8 Å². The van der Waals surface area contributed by atoms with E-state index in [9.17, 15) is 15.0 Å². The lowest BCUT2D eigenvalue weighted by Crippen LogP contribution is -2.53. The van der Waals surface area contributed by atoms with Crippen LogP contribution in [0, 0.1) is 11.8 Å². The second-order valence-electron chi connectivity index (χ2n) is 6.55. The Labute approximate surface area is 120 Å². The fourth-order valence-corrected chi connectivity index (χ4v) is 3.57. The molecule has 0 radical (unpaired) electrons. The minimum absolute atomic E-state index is 0.349. The Hall–Kier alpha value is -0.650. The van der Waals surface area contributed by atoms with Gasteiger partial charge in [0.15, 0.2) is 5.60 Å². The third-order valence-electron chi connectivity index (χ3n) is 5.02. The maximum absolute atomic E-state index is 12.2. The molecule has 0 bridgehead atoms. The van der Waals surface area contributed by atoms with Crippen LogP contribution in [0.2, 0.25) is 0 Å². The highest BCUT2D eigenvalue weighted by atomic mass is 16.6. The van der Waals surface area contributed by atoms with Crippen molar-refractivity contribution in [3.05, 3.63) is 0 Å². The molecule has 2 rings (SSSR count). The second-order valence-corrected chi connectivity index (χ2v) is 6.55. The number of ether oxygens (including phenoxy) is 1. The molecule has 0 aromatic heterocycles. The van der Waals surface area contributed by atoms with E-state index in [-0.39, 0.29) is 5.92 Å². The lowest BCUT2D eigenvalue weighted by molar-refractivity contribution is -0.186. The van der Waals surface area contributed by atoms with Gasteiger partial charge in [0, 0.05) is 12.0 Å². The molecular weight excluding hydrogens is 258 g/mol. The average molecular weight is 285 g/mol. The highest BCUT2D eigenvalue weighted by Crippen LogP contribution is 2.33. The van der Waals surface area contributed by atoms with E-state index in [1.807, 2.05) is 0 Å². The van der Waals surface area contributed by atoms with E-state index in [1.54, 1.807) is 13.8 Å². The van der Waals surface area contributed by atoms with Gasteiger partial charge in [-0.1, -0.05) is 13.8 Å². The molecule has 2 aliphatic rings. The summed E-state index contributed by atoms with van der Waals surface area (Å²) < 4.78 is 5.35. The summed E-state index contributed by atoms with van der Waals surface area (Å²) in [6.07, 6.45) is 2.31. The minimum Gasteiger partial charge on any atom is -0.463 e. The first-order valence-corrected chi connectivity index (χ1v) is 7.69. The Morgan fingerprint density at radius 3 is 2.65 bits per heavy atom. The van der Waals surface area contributed by atoms with Gasteiger partial charge in [0.2, 0.25) is 0 Å². The number of carbonyl (C=O) groups excluding carboxylic acids is 1. The topological polar surface area (TPSA) is 70.0 Å². The van der Waals surface area contributed by atoms with E-state index in [4.69, 9.17) is 4.74 Å². The van der Waals surface area contributed by atoms with Gasteiger partial charge in [-0.3, -0.25) is 4.90 Å². The van der Waals surface area contributed by atoms with Gasteiger partial charge >= 0.3 is 5.97 Å². The molecule has 2 saturated heterocycles. The van der Waals surface area contributed by atoms with E-state index >= 15 is 0 Å². The molecular formula is C15H27NO4. The van der Waals surface area contributed by atoms with Crippen LogP contribution in [0.3, 0.4) is 0 Å². The fraction of sp³-hybridized carbons (Fsp3) is 0.933. The number of aliphatic hydroxyl groups excluding tert-OH is 1. The zero-order chi connectivity index (χ0) is 14.9. The smallest absolute Gasteiger partial charge is 0.341 e. The summed E-state index contributed by atoms with van der Waals surface area (Å²) in [6.45, 7) is 7.43. The average Bonchev–Trinajstić information content (AvgIpc) is 2.97. The minimum atomic E-state index is -1.81. The normalized spacial score (nSPS) is 31.1. The molecule has 116 valence electrons. The molecule has 0 aromatic carbocycles. The van der Waals surface area contributed by atoms with Crippen molar-refractivity contribution in [3.63, 3.8) is 0 Å². The molecule has 0 aromatic rings. The molecule has 2 N–H and O–H groups in total. The number of nitrogens with zero attached hydrogens (tertiary/aromatic N) is 1. The van der Waals surface area contributed by atoms with E-state index in [2.05, 4.69) is 4.90 Å². The number of aliphatic hydroxyl groups is 2. The van der Waals surface area contributed by atoms with Gasteiger partial charge < -0.3 is 14.9 Å². The molecule has 5 nitrogen and oxygen atoms in total. The quantitative estimate of drug-likeness (QED) is 0.731. The van der Waals surface area contributed by atoms with Crippen LogP contribution in [0.1, 0.15) is 40.0 Å². The molecule has 0 spiro atoms. The van der Waals surface area contributed by atoms with Gasteiger partial charge in [0.25, 0.3) is 0 Å². The number of fused-ring (bicyclic) bond motifs is 1. The Morgan fingerprint density at radius 2 is 2.05 bits per heavy atom. The van der Waals surface area contributed by atoms with Crippen LogP contribution in [-0.2, 0) is 9.53 Å². The Kier molecular flexibility index (Phi) is 4.72. The predicted octanol–water partition coefficient (Wildman–Crippen LogP) is 0.782. The zero-order valence-corrected chi connectivity index (χ0v) is 12.7. The summed E-state index contributed by atoms with van der Waals surface area (Å²) in [7, 11) is 0. The van der Waals surface area contributed by atoms with Crippen LogP contribution < -0.4 is 0 Å². The lowest BCUT2D eigenvalue weighted by atomic mass is 9.85. The number of hydrogen-bond acceptors (Lipinski definition) is 5. The van der Waals surface area contributed by atoms with Gasteiger partial charge in [-0.05, 0) is 45.2 Å².